The van der Waals surface area contributed by atoms with E-state index in [9.17, 15) is 27.6 Å². The molecule has 1 heterocycles. The van der Waals surface area contributed by atoms with E-state index in [1.165, 1.54) is 12.1 Å². The second kappa shape index (κ2) is 6.82. The van der Waals surface area contributed by atoms with E-state index in [-0.39, 0.29) is 23.0 Å². The zero-order valence-electron chi connectivity index (χ0n) is 11.4. The minimum atomic E-state index is -4.59. The van der Waals surface area contributed by atoms with Gasteiger partial charge < -0.3 is 10.6 Å². The van der Waals surface area contributed by atoms with Crippen molar-refractivity contribution in [3.05, 3.63) is 29.8 Å². The highest BCUT2D eigenvalue weighted by atomic mass is 32.2. The van der Waals surface area contributed by atoms with Crippen LogP contribution in [0.15, 0.2) is 29.3 Å². The molecule has 0 saturated heterocycles. The molecular weight excluding hydrogens is 335 g/mol. The maximum atomic E-state index is 12.8. The second-order valence-corrected chi connectivity index (χ2v) is 5.38. The minimum Gasteiger partial charge on any atom is -0.325 e. The Balaban J connectivity index is 1.99. The molecular formula is C13H10F3N3O3S. The Labute approximate surface area is 132 Å². The lowest BCUT2D eigenvalue weighted by molar-refractivity contribution is -0.137. The van der Waals surface area contributed by atoms with E-state index < -0.39 is 29.5 Å². The van der Waals surface area contributed by atoms with Crippen LogP contribution in [0.2, 0.25) is 0 Å². The molecule has 10 heteroatoms. The number of aliphatic imine (C=N–C) groups is 1. The Kier molecular flexibility index (Phi) is 5.04. The predicted octanol–water partition coefficient (Wildman–Crippen LogP) is 1.78. The average molecular weight is 345 g/mol. The summed E-state index contributed by atoms with van der Waals surface area (Å²) in [6.45, 7) is 0. The molecule has 1 aliphatic heterocycles. The average Bonchev–Trinajstić information content (AvgIpc) is 2.43. The molecule has 6 nitrogen and oxygen atoms in total. The van der Waals surface area contributed by atoms with E-state index in [0.717, 1.165) is 23.9 Å². The summed E-state index contributed by atoms with van der Waals surface area (Å²) in [4.78, 5) is 37.5. The zero-order valence-corrected chi connectivity index (χ0v) is 12.3. The van der Waals surface area contributed by atoms with Gasteiger partial charge in [0.15, 0.2) is 5.17 Å². The fourth-order valence-electron chi connectivity index (χ4n) is 1.71. The highest BCUT2D eigenvalue weighted by Gasteiger charge is 2.33. The first kappa shape index (κ1) is 17.0. The number of amidine groups is 1. The fourth-order valence-corrected chi connectivity index (χ4v) is 2.40. The first-order valence-corrected chi connectivity index (χ1v) is 7.24. The monoisotopic (exact) mass is 345 g/mol. The van der Waals surface area contributed by atoms with Crippen molar-refractivity contribution in [2.45, 2.75) is 12.6 Å². The summed E-state index contributed by atoms with van der Waals surface area (Å²) in [5.74, 6) is -2.21. The fraction of sp³-hybridized carbons (Fsp3) is 0.231. The van der Waals surface area contributed by atoms with Gasteiger partial charge in [-0.1, -0.05) is 23.9 Å². The highest BCUT2D eigenvalue weighted by Crippen LogP contribution is 2.34. The Morgan fingerprint density at radius 1 is 1.30 bits per heavy atom. The topological polar surface area (TPSA) is 87.6 Å². The normalized spacial score (nSPS) is 15.0. The molecule has 1 aromatic rings. The number of benzene rings is 1. The number of amides is 3. The van der Waals surface area contributed by atoms with Crippen LogP contribution in [0, 0.1) is 0 Å². The second-order valence-electron chi connectivity index (χ2n) is 4.42. The number of halogens is 3. The summed E-state index contributed by atoms with van der Waals surface area (Å²) in [6, 6.07) is 4.56. The van der Waals surface area contributed by atoms with E-state index in [2.05, 4.69) is 15.6 Å². The van der Waals surface area contributed by atoms with E-state index in [1.54, 1.807) is 0 Å². The molecule has 0 radical (unpaired) electrons. The molecule has 23 heavy (non-hydrogen) atoms. The Morgan fingerprint density at radius 3 is 2.65 bits per heavy atom. The number of nitrogens with one attached hydrogen (secondary N) is 2. The minimum absolute atomic E-state index is 0.0505. The van der Waals surface area contributed by atoms with Crippen molar-refractivity contribution in [1.29, 1.82) is 0 Å². The Hall–Kier alpha value is -2.36. The molecule has 0 saturated carbocycles. The lowest BCUT2D eigenvalue weighted by Gasteiger charge is -2.14. The molecule has 0 spiro atoms. The molecule has 0 aliphatic carbocycles. The summed E-state index contributed by atoms with van der Waals surface area (Å²) in [7, 11) is 0. The smallest absolute Gasteiger partial charge is 0.325 e. The number of rotatable bonds is 3. The maximum Gasteiger partial charge on any atom is 0.418 e. The van der Waals surface area contributed by atoms with E-state index in [1.807, 2.05) is 0 Å². The molecule has 0 aromatic heterocycles. The number of thioether (sulfide) groups is 1. The number of hydrogen-bond acceptors (Lipinski definition) is 4. The van der Waals surface area contributed by atoms with Crippen molar-refractivity contribution in [2.24, 2.45) is 4.99 Å². The van der Waals surface area contributed by atoms with Crippen LogP contribution in [-0.2, 0) is 20.6 Å². The maximum absolute atomic E-state index is 12.8. The molecule has 1 aromatic carbocycles. The van der Waals surface area contributed by atoms with Crippen molar-refractivity contribution in [1.82, 2.24) is 5.32 Å². The van der Waals surface area contributed by atoms with Crippen LogP contribution in [0.5, 0.6) is 0 Å². The Morgan fingerprint density at radius 2 is 2.00 bits per heavy atom. The molecule has 0 fully saturated rings. The first-order valence-electron chi connectivity index (χ1n) is 6.26. The van der Waals surface area contributed by atoms with Gasteiger partial charge in [-0.25, -0.2) is 0 Å². The predicted molar refractivity (Wildman–Crippen MR) is 77.7 cm³/mol. The molecule has 0 bridgehead atoms. The van der Waals surface area contributed by atoms with Crippen LogP contribution >= 0.6 is 11.8 Å². The van der Waals surface area contributed by atoms with Gasteiger partial charge in [-0.3, -0.25) is 14.4 Å². The number of para-hydroxylation sites is 1. The van der Waals surface area contributed by atoms with Gasteiger partial charge in [-0.2, -0.15) is 18.2 Å². The molecule has 2 N–H and O–H groups in total. The van der Waals surface area contributed by atoms with Crippen LogP contribution < -0.4 is 10.6 Å². The van der Waals surface area contributed by atoms with Crippen molar-refractivity contribution >= 4 is 40.3 Å². The van der Waals surface area contributed by atoms with Crippen molar-refractivity contribution in [2.75, 3.05) is 11.1 Å². The number of nitrogens with zero attached hydrogens (tertiary/aromatic N) is 1. The zero-order chi connectivity index (χ0) is 17.0. The summed E-state index contributed by atoms with van der Waals surface area (Å²) in [6.07, 6.45) is -4.96. The summed E-state index contributed by atoms with van der Waals surface area (Å²) in [5, 5.41) is 4.39. The van der Waals surface area contributed by atoms with Crippen LogP contribution in [0.1, 0.15) is 12.0 Å². The van der Waals surface area contributed by atoms with Crippen molar-refractivity contribution < 1.29 is 27.6 Å². The van der Waals surface area contributed by atoms with E-state index in [0.29, 0.717) is 0 Å². The van der Waals surface area contributed by atoms with E-state index >= 15 is 0 Å². The summed E-state index contributed by atoms with van der Waals surface area (Å²) < 4.78 is 38.4. The van der Waals surface area contributed by atoms with Gasteiger partial charge in [0.2, 0.25) is 11.8 Å². The van der Waals surface area contributed by atoms with Crippen LogP contribution in [0.3, 0.4) is 0 Å². The lowest BCUT2D eigenvalue weighted by Crippen LogP contribution is -2.35. The summed E-state index contributed by atoms with van der Waals surface area (Å²) >= 11 is 0.750. The molecule has 0 unspecified atom stereocenters. The van der Waals surface area contributed by atoms with Crippen molar-refractivity contribution in [3.63, 3.8) is 0 Å². The number of hydrogen-bond donors (Lipinski definition) is 2. The third-order valence-corrected chi connectivity index (χ3v) is 3.50. The number of anilines is 1. The van der Waals surface area contributed by atoms with Crippen LogP contribution in [-0.4, -0.2) is 28.6 Å². The molecule has 1 aliphatic rings. The van der Waals surface area contributed by atoms with Crippen LogP contribution in [0.25, 0.3) is 0 Å². The van der Waals surface area contributed by atoms with Gasteiger partial charge in [-0.05, 0) is 12.1 Å². The molecule has 122 valence electrons. The van der Waals surface area contributed by atoms with Gasteiger partial charge in [0.05, 0.1) is 17.0 Å². The molecule has 0 atom stereocenters. The number of carbonyl (C=O) groups excluding carboxylic acids is 3. The SMILES string of the molecule is O=C1CC(=O)NC(SCC(=O)Nc2ccccc2C(F)(F)F)=N1. The first-order chi connectivity index (χ1) is 10.8. The van der Waals surface area contributed by atoms with Gasteiger partial charge >= 0.3 is 6.18 Å². The number of carbonyl (C=O) groups is 3. The molecule has 3 amide bonds. The van der Waals surface area contributed by atoms with Crippen LogP contribution in [0.4, 0.5) is 18.9 Å². The van der Waals surface area contributed by atoms with Gasteiger partial charge in [-0.15, -0.1) is 0 Å². The van der Waals surface area contributed by atoms with Crippen molar-refractivity contribution in [3.8, 4) is 0 Å². The standard InChI is InChI=1S/C13H10F3N3O3S/c14-13(15,16)7-3-1-2-4-8(7)17-11(22)6-23-12-18-9(20)5-10(21)19-12/h1-4H,5-6H2,(H,17,22)(H,18,19,20,21). The van der Waals surface area contributed by atoms with Gasteiger partial charge in [0.25, 0.3) is 5.91 Å². The third-order valence-electron chi connectivity index (χ3n) is 2.63. The lowest BCUT2D eigenvalue weighted by atomic mass is 10.1. The largest absolute Gasteiger partial charge is 0.418 e. The Bertz CT molecular complexity index is 689. The summed E-state index contributed by atoms with van der Waals surface area (Å²) in [5.41, 5.74) is -1.33. The van der Waals surface area contributed by atoms with E-state index in [4.69, 9.17) is 0 Å². The number of alkyl halides is 3. The van der Waals surface area contributed by atoms with Gasteiger partial charge in [0.1, 0.15) is 6.42 Å². The quantitative estimate of drug-likeness (QED) is 0.818. The van der Waals surface area contributed by atoms with Gasteiger partial charge in [0, 0.05) is 0 Å². The molecule has 2 rings (SSSR count). The third kappa shape index (κ3) is 4.81. The highest BCUT2D eigenvalue weighted by molar-refractivity contribution is 8.14.